The summed E-state index contributed by atoms with van der Waals surface area (Å²) in [5.41, 5.74) is 5.71. The maximum absolute atomic E-state index is 11.7. The lowest BCUT2D eigenvalue weighted by molar-refractivity contribution is -0.124. The zero-order chi connectivity index (χ0) is 14.2. The fraction of sp³-hybridized carbons (Fsp3) is 0.933. The molecule has 1 amide bonds. The summed E-state index contributed by atoms with van der Waals surface area (Å²) >= 11 is 0. The lowest BCUT2D eigenvalue weighted by Gasteiger charge is -2.25. The average Bonchev–Trinajstić information content (AvgIpc) is 2.24. The van der Waals surface area contributed by atoms with E-state index >= 15 is 0 Å². The second-order valence-corrected chi connectivity index (χ2v) is 6.73. The Bertz CT molecular complexity index is 231. The van der Waals surface area contributed by atoms with E-state index in [0.717, 1.165) is 18.9 Å². The molecular weight excluding hydrogens is 224 g/mol. The van der Waals surface area contributed by atoms with Crippen LogP contribution in [-0.2, 0) is 4.79 Å². The fourth-order valence-corrected chi connectivity index (χ4v) is 1.75. The Morgan fingerprint density at radius 2 is 1.67 bits per heavy atom. The molecule has 0 saturated carbocycles. The Morgan fingerprint density at radius 3 is 2.17 bits per heavy atom. The van der Waals surface area contributed by atoms with Gasteiger partial charge in [-0.25, -0.2) is 0 Å². The molecule has 0 heterocycles. The second kappa shape index (κ2) is 8.52. The number of carbonyl (C=O) groups is 1. The van der Waals surface area contributed by atoms with E-state index < -0.39 is 6.04 Å². The van der Waals surface area contributed by atoms with Crippen LogP contribution in [0.2, 0.25) is 0 Å². The number of amides is 1. The summed E-state index contributed by atoms with van der Waals surface area (Å²) in [5, 5.41) is 2.92. The van der Waals surface area contributed by atoms with Crippen LogP contribution in [0.3, 0.4) is 0 Å². The van der Waals surface area contributed by atoms with Crippen LogP contribution in [0.4, 0.5) is 0 Å². The van der Waals surface area contributed by atoms with Gasteiger partial charge in [0.2, 0.25) is 5.91 Å². The van der Waals surface area contributed by atoms with Crippen LogP contribution >= 0.6 is 0 Å². The number of hydrogen-bond donors (Lipinski definition) is 2. The molecule has 3 N–H and O–H groups in total. The molecule has 1 unspecified atom stereocenters. The highest BCUT2D eigenvalue weighted by molar-refractivity contribution is 5.82. The second-order valence-electron chi connectivity index (χ2n) is 6.73. The maximum Gasteiger partial charge on any atom is 0.237 e. The smallest absolute Gasteiger partial charge is 0.237 e. The molecule has 18 heavy (non-hydrogen) atoms. The average molecular weight is 256 g/mol. The van der Waals surface area contributed by atoms with Crippen LogP contribution in [0, 0.1) is 11.3 Å². The van der Waals surface area contributed by atoms with E-state index in [-0.39, 0.29) is 11.3 Å². The van der Waals surface area contributed by atoms with Gasteiger partial charge in [0, 0.05) is 6.54 Å². The van der Waals surface area contributed by atoms with Gasteiger partial charge >= 0.3 is 0 Å². The Labute approximate surface area is 113 Å². The zero-order valence-corrected chi connectivity index (χ0v) is 12.9. The van der Waals surface area contributed by atoms with Crippen LogP contribution in [-0.4, -0.2) is 18.5 Å². The van der Waals surface area contributed by atoms with Crippen LogP contribution in [0.15, 0.2) is 0 Å². The molecule has 108 valence electrons. The topological polar surface area (TPSA) is 55.1 Å². The molecule has 0 fully saturated rings. The first kappa shape index (κ1) is 17.4. The zero-order valence-electron chi connectivity index (χ0n) is 12.9. The minimum absolute atomic E-state index is 0.0234. The first-order valence-corrected chi connectivity index (χ1v) is 7.28. The summed E-state index contributed by atoms with van der Waals surface area (Å²) in [7, 11) is 0. The Hall–Kier alpha value is -0.570. The fourth-order valence-electron chi connectivity index (χ4n) is 1.75. The van der Waals surface area contributed by atoms with Crippen molar-refractivity contribution in [3.63, 3.8) is 0 Å². The predicted molar refractivity (Wildman–Crippen MR) is 78.4 cm³/mol. The van der Waals surface area contributed by atoms with Gasteiger partial charge < -0.3 is 11.1 Å². The number of nitrogens with two attached hydrogens (primary N) is 1. The molecule has 0 aliphatic heterocycles. The number of carbonyl (C=O) groups excluding carboxylic acids is 1. The summed E-state index contributed by atoms with van der Waals surface area (Å²) in [6.45, 7) is 11.2. The summed E-state index contributed by atoms with van der Waals surface area (Å²) in [6.07, 6.45) is 6.12. The lowest BCUT2D eigenvalue weighted by atomic mass is 9.87. The van der Waals surface area contributed by atoms with E-state index in [2.05, 4.69) is 19.2 Å². The summed E-state index contributed by atoms with van der Waals surface area (Å²) in [5.74, 6) is 0.777. The molecule has 0 saturated heterocycles. The molecule has 1 atom stereocenters. The molecule has 0 aliphatic carbocycles. The van der Waals surface area contributed by atoms with Crippen LogP contribution in [0.5, 0.6) is 0 Å². The molecule has 0 radical (unpaired) electrons. The van der Waals surface area contributed by atoms with E-state index in [9.17, 15) is 4.79 Å². The summed E-state index contributed by atoms with van der Waals surface area (Å²) in [6, 6.07) is -0.418. The number of rotatable bonds is 8. The molecule has 0 aromatic rings. The third kappa shape index (κ3) is 8.51. The molecule has 0 spiro atoms. The standard InChI is InChI=1S/C15H32N2O/c1-12(2)10-8-6-7-9-11-17-14(18)13(16)15(3,4)5/h12-13H,6-11,16H2,1-5H3,(H,17,18). The van der Waals surface area contributed by atoms with Gasteiger partial charge in [-0.2, -0.15) is 0 Å². The summed E-state index contributed by atoms with van der Waals surface area (Å²) in [4.78, 5) is 11.7. The van der Waals surface area contributed by atoms with Crippen molar-refractivity contribution in [1.29, 1.82) is 0 Å². The van der Waals surface area contributed by atoms with Gasteiger partial charge in [0.05, 0.1) is 6.04 Å². The van der Waals surface area contributed by atoms with Crippen molar-refractivity contribution in [2.75, 3.05) is 6.54 Å². The van der Waals surface area contributed by atoms with Gasteiger partial charge in [0.25, 0.3) is 0 Å². The molecule has 3 nitrogen and oxygen atoms in total. The minimum Gasteiger partial charge on any atom is -0.355 e. The number of hydrogen-bond acceptors (Lipinski definition) is 2. The monoisotopic (exact) mass is 256 g/mol. The van der Waals surface area contributed by atoms with Crippen molar-refractivity contribution in [2.24, 2.45) is 17.1 Å². The molecular formula is C15H32N2O. The maximum atomic E-state index is 11.7. The van der Waals surface area contributed by atoms with Crippen molar-refractivity contribution in [2.45, 2.75) is 72.8 Å². The van der Waals surface area contributed by atoms with Crippen molar-refractivity contribution in [1.82, 2.24) is 5.32 Å². The van der Waals surface area contributed by atoms with Crippen molar-refractivity contribution >= 4 is 5.91 Å². The number of unbranched alkanes of at least 4 members (excludes halogenated alkanes) is 3. The first-order chi connectivity index (χ1) is 8.25. The molecule has 0 aromatic heterocycles. The molecule has 0 aliphatic rings. The molecule has 0 rings (SSSR count). The van der Waals surface area contributed by atoms with E-state index in [1.807, 2.05) is 20.8 Å². The van der Waals surface area contributed by atoms with Crippen LogP contribution in [0.1, 0.15) is 66.7 Å². The minimum atomic E-state index is -0.418. The third-order valence-corrected chi connectivity index (χ3v) is 3.22. The Kier molecular flexibility index (Phi) is 8.25. The normalized spacial score (nSPS) is 13.7. The van der Waals surface area contributed by atoms with Gasteiger partial charge in [-0.1, -0.05) is 60.3 Å². The highest BCUT2D eigenvalue weighted by atomic mass is 16.2. The van der Waals surface area contributed by atoms with Gasteiger partial charge in [0.1, 0.15) is 0 Å². The van der Waals surface area contributed by atoms with E-state index in [4.69, 9.17) is 5.73 Å². The lowest BCUT2D eigenvalue weighted by Crippen LogP contribution is -2.48. The highest BCUT2D eigenvalue weighted by Crippen LogP contribution is 2.17. The molecule has 0 aromatic carbocycles. The number of nitrogens with one attached hydrogen (secondary N) is 1. The third-order valence-electron chi connectivity index (χ3n) is 3.22. The summed E-state index contributed by atoms with van der Waals surface area (Å²) < 4.78 is 0. The Morgan fingerprint density at radius 1 is 1.11 bits per heavy atom. The quantitative estimate of drug-likeness (QED) is 0.656. The van der Waals surface area contributed by atoms with E-state index in [1.165, 1.54) is 25.7 Å². The van der Waals surface area contributed by atoms with E-state index in [1.54, 1.807) is 0 Å². The van der Waals surface area contributed by atoms with Gasteiger partial charge in [-0.3, -0.25) is 4.79 Å². The van der Waals surface area contributed by atoms with Crippen molar-refractivity contribution < 1.29 is 4.79 Å². The SMILES string of the molecule is CC(C)CCCCCCNC(=O)C(N)C(C)(C)C. The van der Waals surface area contributed by atoms with Crippen LogP contribution in [0.25, 0.3) is 0 Å². The Balaban J connectivity index is 3.52. The van der Waals surface area contributed by atoms with Crippen molar-refractivity contribution in [3.05, 3.63) is 0 Å². The highest BCUT2D eigenvalue weighted by Gasteiger charge is 2.26. The van der Waals surface area contributed by atoms with E-state index in [0.29, 0.717) is 0 Å². The molecule has 0 bridgehead atoms. The van der Waals surface area contributed by atoms with Crippen molar-refractivity contribution in [3.8, 4) is 0 Å². The van der Waals surface area contributed by atoms with Gasteiger partial charge in [-0.05, 0) is 17.8 Å². The van der Waals surface area contributed by atoms with Gasteiger partial charge in [0.15, 0.2) is 0 Å². The molecule has 3 heteroatoms. The first-order valence-electron chi connectivity index (χ1n) is 7.28. The van der Waals surface area contributed by atoms with Crippen LogP contribution < -0.4 is 11.1 Å². The predicted octanol–water partition coefficient (Wildman–Crippen LogP) is 3.08. The largest absolute Gasteiger partial charge is 0.355 e. The van der Waals surface area contributed by atoms with Gasteiger partial charge in [-0.15, -0.1) is 0 Å².